The fourth-order valence-electron chi connectivity index (χ4n) is 2.66. The van der Waals surface area contributed by atoms with Gasteiger partial charge in [-0.05, 0) is 44.4 Å². The number of benzene rings is 1. The molecule has 0 amide bonds. The summed E-state index contributed by atoms with van der Waals surface area (Å²) in [4.78, 5) is 2.48. The summed E-state index contributed by atoms with van der Waals surface area (Å²) >= 11 is 0. The van der Waals surface area contributed by atoms with Crippen LogP contribution in [0.4, 0.5) is 17.1 Å². The van der Waals surface area contributed by atoms with Crippen molar-refractivity contribution < 1.29 is 0 Å². The van der Waals surface area contributed by atoms with Gasteiger partial charge in [0.05, 0.1) is 11.4 Å². The van der Waals surface area contributed by atoms with Crippen molar-refractivity contribution in [2.75, 3.05) is 16.4 Å². The molecule has 2 rings (SSSR count). The molecule has 0 aromatic heterocycles. The Kier molecular flexibility index (Phi) is 2.95. The molecule has 88 valence electrons. The Morgan fingerprint density at radius 1 is 1.25 bits per heavy atom. The Morgan fingerprint density at radius 3 is 2.62 bits per heavy atom. The predicted octanol–water partition coefficient (Wildman–Crippen LogP) is 2.62. The average molecular weight is 219 g/mol. The van der Waals surface area contributed by atoms with Crippen LogP contribution in [0.1, 0.15) is 33.1 Å². The third-order valence-electron chi connectivity index (χ3n) is 3.63. The van der Waals surface area contributed by atoms with Gasteiger partial charge in [-0.3, -0.25) is 0 Å². The third kappa shape index (κ3) is 1.82. The zero-order valence-electron chi connectivity index (χ0n) is 10.1. The fraction of sp³-hybridized carbons (Fsp3) is 0.538. The minimum Gasteiger partial charge on any atom is -0.397 e. The molecule has 1 aromatic carbocycles. The maximum atomic E-state index is 5.87. The number of anilines is 3. The van der Waals surface area contributed by atoms with E-state index < -0.39 is 0 Å². The predicted molar refractivity (Wildman–Crippen MR) is 70.5 cm³/mol. The molecule has 3 nitrogen and oxygen atoms in total. The number of hydrogen-bond donors (Lipinski definition) is 2. The maximum absolute atomic E-state index is 5.87. The summed E-state index contributed by atoms with van der Waals surface area (Å²) < 4.78 is 0. The van der Waals surface area contributed by atoms with Gasteiger partial charge in [0, 0.05) is 17.8 Å². The van der Waals surface area contributed by atoms with Gasteiger partial charge in [-0.2, -0.15) is 0 Å². The normalized spacial score (nSPS) is 25.0. The summed E-state index contributed by atoms with van der Waals surface area (Å²) in [5, 5.41) is 0. The molecule has 0 aliphatic carbocycles. The van der Waals surface area contributed by atoms with Crippen molar-refractivity contribution in [1.29, 1.82) is 0 Å². The molecule has 3 heteroatoms. The van der Waals surface area contributed by atoms with E-state index in [0.29, 0.717) is 23.5 Å². The van der Waals surface area contributed by atoms with E-state index in [9.17, 15) is 0 Å². The number of rotatable bonds is 2. The van der Waals surface area contributed by atoms with Crippen molar-refractivity contribution in [3.63, 3.8) is 0 Å². The van der Waals surface area contributed by atoms with Gasteiger partial charge in [0.25, 0.3) is 0 Å². The lowest BCUT2D eigenvalue weighted by Gasteiger charge is -2.30. The molecule has 1 saturated heterocycles. The quantitative estimate of drug-likeness (QED) is 0.752. The van der Waals surface area contributed by atoms with Gasteiger partial charge in [0.15, 0.2) is 0 Å². The Bertz CT molecular complexity index is 375. The molecule has 16 heavy (non-hydrogen) atoms. The van der Waals surface area contributed by atoms with Crippen LogP contribution in [-0.4, -0.2) is 12.1 Å². The molecule has 4 N–H and O–H groups in total. The van der Waals surface area contributed by atoms with Gasteiger partial charge < -0.3 is 16.4 Å². The first-order valence-corrected chi connectivity index (χ1v) is 6.06. The van der Waals surface area contributed by atoms with Gasteiger partial charge in [-0.15, -0.1) is 0 Å². The second kappa shape index (κ2) is 4.24. The molecule has 2 unspecified atom stereocenters. The molecule has 1 aromatic rings. The molecule has 2 atom stereocenters. The van der Waals surface area contributed by atoms with Gasteiger partial charge >= 0.3 is 0 Å². The van der Waals surface area contributed by atoms with E-state index in [0.717, 1.165) is 0 Å². The molecule has 1 aliphatic heterocycles. The largest absolute Gasteiger partial charge is 0.397 e. The van der Waals surface area contributed by atoms with Crippen LogP contribution in [0.3, 0.4) is 0 Å². The SMILES string of the molecule is CCC1CCC(C)N1c1ccc(N)c(N)c1. The van der Waals surface area contributed by atoms with Crippen LogP contribution < -0.4 is 16.4 Å². The summed E-state index contributed by atoms with van der Waals surface area (Å²) in [6.07, 6.45) is 3.74. The second-order valence-electron chi connectivity index (χ2n) is 4.71. The highest BCUT2D eigenvalue weighted by molar-refractivity contribution is 5.70. The first kappa shape index (κ1) is 11.1. The maximum Gasteiger partial charge on any atom is 0.0568 e. The molecule has 0 saturated carbocycles. The van der Waals surface area contributed by atoms with Crippen molar-refractivity contribution in [1.82, 2.24) is 0 Å². The summed E-state index contributed by atoms with van der Waals surface area (Å²) in [7, 11) is 0. The van der Waals surface area contributed by atoms with Crippen LogP contribution in [0.15, 0.2) is 18.2 Å². The highest BCUT2D eigenvalue weighted by Gasteiger charge is 2.29. The number of hydrogen-bond acceptors (Lipinski definition) is 3. The van der Waals surface area contributed by atoms with E-state index >= 15 is 0 Å². The number of nitrogens with two attached hydrogens (primary N) is 2. The third-order valence-corrected chi connectivity index (χ3v) is 3.63. The molecular formula is C13H21N3. The van der Waals surface area contributed by atoms with Crippen LogP contribution in [0, 0.1) is 0 Å². The van der Waals surface area contributed by atoms with E-state index in [1.165, 1.54) is 24.9 Å². The lowest BCUT2D eigenvalue weighted by Crippen LogP contribution is -2.34. The average Bonchev–Trinajstić information content (AvgIpc) is 2.64. The van der Waals surface area contributed by atoms with E-state index in [4.69, 9.17) is 11.5 Å². The Morgan fingerprint density at radius 2 is 2.00 bits per heavy atom. The van der Waals surface area contributed by atoms with E-state index in [2.05, 4.69) is 24.8 Å². The lowest BCUT2D eigenvalue weighted by molar-refractivity contribution is 0.628. The molecule has 1 aliphatic rings. The smallest absolute Gasteiger partial charge is 0.0568 e. The molecule has 0 spiro atoms. The Hall–Kier alpha value is -1.38. The van der Waals surface area contributed by atoms with Crippen molar-refractivity contribution in [3.8, 4) is 0 Å². The fourth-order valence-corrected chi connectivity index (χ4v) is 2.66. The summed E-state index contributed by atoms with van der Waals surface area (Å²) in [5.41, 5.74) is 14.2. The number of nitrogens with zero attached hydrogens (tertiary/aromatic N) is 1. The highest BCUT2D eigenvalue weighted by Crippen LogP contribution is 2.33. The highest BCUT2D eigenvalue weighted by atomic mass is 15.2. The van der Waals surface area contributed by atoms with E-state index in [-0.39, 0.29) is 0 Å². The molecular weight excluding hydrogens is 198 g/mol. The Balaban J connectivity index is 2.31. The van der Waals surface area contributed by atoms with Crippen LogP contribution >= 0.6 is 0 Å². The van der Waals surface area contributed by atoms with Crippen molar-refractivity contribution in [3.05, 3.63) is 18.2 Å². The van der Waals surface area contributed by atoms with Gasteiger partial charge in [0.1, 0.15) is 0 Å². The summed E-state index contributed by atoms with van der Waals surface area (Å²) in [5.74, 6) is 0. The molecule has 1 heterocycles. The monoisotopic (exact) mass is 219 g/mol. The van der Waals surface area contributed by atoms with Gasteiger partial charge in [-0.1, -0.05) is 6.92 Å². The van der Waals surface area contributed by atoms with Crippen LogP contribution in [0.25, 0.3) is 0 Å². The lowest BCUT2D eigenvalue weighted by atomic mass is 10.1. The minimum atomic E-state index is 0.605. The van der Waals surface area contributed by atoms with Crippen LogP contribution in [0.2, 0.25) is 0 Å². The van der Waals surface area contributed by atoms with E-state index in [1.807, 2.05) is 12.1 Å². The summed E-state index contributed by atoms with van der Waals surface area (Å²) in [6, 6.07) is 7.24. The molecule has 1 fully saturated rings. The first-order valence-electron chi connectivity index (χ1n) is 6.06. The topological polar surface area (TPSA) is 55.3 Å². The van der Waals surface area contributed by atoms with Gasteiger partial charge in [0.2, 0.25) is 0 Å². The zero-order chi connectivity index (χ0) is 11.7. The van der Waals surface area contributed by atoms with Crippen molar-refractivity contribution >= 4 is 17.1 Å². The second-order valence-corrected chi connectivity index (χ2v) is 4.71. The standard InChI is InChI=1S/C13H21N3/c1-3-10-5-4-9(2)16(10)11-6-7-12(14)13(15)8-11/h6-10H,3-5,14-15H2,1-2H3. The van der Waals surface area contributed by atoms with Crippen molar-refractivity contribution in [2.45, 2.75) is 45.2 Å². The zero-order valence-corrected chi connectivity index (χ0v) is 10.1. The van der Waals surface area contributed by atoms with E-state index in [1.54, 1.807) is 0 Å². The van der Waals surface area contributed by atoms with Gasteiger partial charge in [-0.25, -0.2) is 0 Å². The Labute approximate surface area is 97.4 Å². The molecule has 0 radical (unpaired) electrons. The van der Waals surface area contributed by atoms with Crippen molar-refractivity contribution in [2.24, 2.45) is 0 Å². The van der Waals surface area contributed by atoms with Crippen LogP contribution in [0.5, 0.6) is 0 Å². The number of nitrogen functional groups attached to an aromatic ring is 2. The summed E-state index contributed by atoms with van der Waals surface area (Å²) in [6.45, 7) is 4.53. The minimum absolute atomic E-state index is 0.605. The molecule has 0 bridgehead atoms. The first-order chi connectivity index (χ1) is 7.63. The van der Waals surface area contributed by atoms with Crippen LogP contribution in [-0.2, 0) is 0 Å².